The minimum absolute atomic E-state index is 0.0388. The molecule has 1 unspecified atom stereocenters. The first-order valence-electron chi connectivity index (χ1n) is 11.1. The van der Waals surface area contributed by atoms with Crippen LogP contribution in [0.4, 0.5) is 14.5 Å². The second-order valence-corrected chi connectivity index (χ2v) is 8.79. The van der Waals surface area contributed by atoms with Crippen molar-refractivity contribution in [2.24, 2.45) is 5.92 Å². The molecule has 0 bridgehead atoms. The van der Waals surface area contributed by atoms with Crippen LogP contribution in [0, 0.1) is 17.6 Å². The minimum atomic E-state index is -0.830. The van der Waals surface area contributed by atoms with E-state index in [0.29, 0.717) is 5.56 Å². The number of aliphatic hydroxyl groups is 1. The number of rotatable bonds is 6. The van der Waals surface area contributed by atoms with E-state index < -0.39 is 29.8 Å². The zero-order valence-electron chi connectivity index (χ0n) is 19.1. The predicted octanol–water partition coefficient (Wildman–Crippen LogP) is 4.27. The van der Waals surface area contributed by atoms with E-state index in [-0.39, 0.29) is 52.7 Å². The van der Waals surface area contributed by atoms with Crippen molar-refractivity contribution in [1.29, 1.82) is 0 Å². The number of aromatic nitrogens is 3. The summed E-state index contributed by atoms with van der Waals surface area (Å²) >= 11 is 6.24. The van der Waals surface area contributed by atoms with Crippen LogP contribution in [0.25, 0.3) is 5.69 Å². The van der Waals surface area contributed by atoms with Crippen molar-refractivity contribution in [3.63, 3.8) is 0 Å². The van der Waals surface area contributed by atoms with E-state index in [1.165, 1.54) is 33.7 Å². The van der Waals surface area contributed by atoms with Crippen LogP contribution in [0.2, 0.25) is 5.02 Å². The fourth-order valence-electron chi connectivity index (χ4n) is 4.49. The third-order valence-corrected chi connectivity index (χ3v) is 6.84. The molecule has 0 saturated heterocycles. The Balaban J connectivity index is 1.91. The molecule has 2 atom stereocenters. The molecule has 180 valence electrons. The number of amides is 1. The average Bonchev–Trinajstić information content (AvgIpc) is 3.14. The Labute approximate surface area is 200 Å². The fourth-order valence-corrected chi connectivity index (χ4v) is 4.76. The molecular formula is C24H25ClF2N4O3. The topological polar surface area (TPSA) is 80.4 Å². The number of para-hydroxylation sites is 1. The largest absolute Gasteiger partial charge is 0.388 e. The van der Waals surface area contributed by atoms with Crippen molar-refractivity contribution in [1.82, 2.24) is 14.3 Å². The Hall–Kier alpha value is -3.04. The zero-order chi connectivity index (χ0) is 24.7. The Morgan fingerprint density at radius 3 is 2.53 bits per heavy atom. The molecule has 0 spiro atoms. The van der Waals surface area contributed by atoms with Crippen molar-refractivity contribution in [3.8, 4) is 5.69 Å². The maximum atomic E-state index is 15.3. The molecule has 2 aromatic carbocycles. The normalized spacial score (nSPS) is 16.6. The molecule has 2 heterocycles. The number of benzene rings is 2. The third-order valence-electron chi connectivity index (χ3n) is 6.54. The van der Waals surface area contributed by atoms with E-state index >= 15 is 4.39 Å². The van der Waals surface area contributed by atoms with Crippen LogP contribution in [0.15, 0.2) is 35.1 Å². The first-order valence-corrected chi connectivity index (χ1v) is 11.5. The summed E-state index contributed by atoms with van der Waals surface area (Å²) < 4.78 is 32.2. The molecule has 0 saturated carbocycles. The van der Waals surface area contributed by atoms with Crippen LogP contribution < -0.4 is 10.6 Å². The molecule has 34 heavy (non-hydrogen) atoms. The van der Waals surface area contributed by atoms with Crippen LogP contribution in [0.5, 0.6) is 0 Å². The van der Waals surface area contributed by atoms with Gasteiger partial charge in [-0.2, -0.15) is 4.68 Å². The number of anilines is 1. The van der Waals surface area contributed by atoms with Gasteiger partial charge in [-0.1, -0.05) is 37.9 Å². The molecular weight excluding hydrogens is 466 g/mol. The minimum Gasteiger partial charge on any atom is -0.388 e. The molecule has 1 aliphatic rings. The maximum absolute atomic E-state index is 15.3. The molecule has 1 aromatic heterocycles. The fraction of sp³-hybridized carbons (Fsp3) is 0.375. The predicted molar refractivity (Wildman–Crippen MR) is 125 cm³/mol. The van der Waals surface area contributed by atoms with Crippen LogP contribution >= 0.6 is 11.6 Å². The summed E-state index contributed by atoms with van der Waals surface area (Å²) in [6.07, 6.45) is 0.753. The SMILES string of the molecule is CC[C@@H](C)C1CN(c2c(F)cccc2Cl)C(=O)c2cc(F)c(-n3nc(CO)n(CC)c3=O)cc21. The molecule has 4 rings (SSSR count). The van der Waals surface area contributed by atoms with Gasteiger partial charge in [-0.25, -0.2) is 13.6 Å². The van der Waals surface area contributed by atoms with Crippen LogP contribution in [-0.2, 0) is 13.2 Å². The van der Waals surface area contributed by atoms with Crippen molar-refractivity contribution < 1.29 is 18.7 Å². The smallest absolute Gasteiger partial charge is 0.350 e. The quantitative estimate of drug-likeness (QED) is 0.559. The number of hydrogen-bond donors (Lipinski definition) is 1. The summed E-state index contributed by atoms with van der Waals surface area (Å²) in [5, 5.41) is 13.7. The van der Waals surface area contributed by atoms with Crippen LogP contribution in [-0.4, -0.2) is 31.9 Å². The Bertz CT molecular complexity index is 1300. The molecule has 0 radical (unpaired) electrons. The Morgan fingerprint density at radius 2 is 1.94 bits per heavy atom. The average molecular weight is 491 g/mol. The summed E-state index contributed by atoms with van der Waals surface area (Å²) in [7, 11) is 0. The van der Waals surface area contributed by atoms with Crippen molar-refractivity contribution in [3.05, 3.63) is 74.4 Å². The van der Waals surface area contributed by atoms with E-state index in [2.05, 4.69) is 5.10 Å². The van der Waals surface area contributed by atoms with Gasteiger partial charge in [0.2, 0.25) is 0 Å². The van der Waals surface area contributed by atoms with Crippen molar-refractivity contribution in [2.75, 3.05) is 11.4 Å². The van der Waals surface area contributed by atoms with Gasteiger partial charge < -0.3 is 10.0 Å². The number of halogens is 3. The zero-order valence-corrected chi connectivity index (χ0v) is 19.8. The molecule has 3 aromatic rings. The first kappa shape index (κ1) is 24.1. The first-order chi connectivity index (χ1) is 16.2. The van der Waals surface area contributed by atoms with Crippen LogP contribution in [0.1, 0.15) is 54.9 Å². The van der Waals surface area contributed by atoms with E-state index in [0.717, 1.165) is 17.2 Å². The van der Waals surface area contributed by atoms with Crippen molar-refractivity contribution >= 4 is 23.2 Å². The summed E-state index contributed by atoms with van der Waals surface area (Å²) in [5.41, 5.74) is -0.0925. The molecule has 7 nitrogen and oxygen atoms in total. The summed E-state index contributed by atoms with van der Waals surface area (Å²) in [6, 6.07) is 6.71. The monoisotopic (exact) mass is 490 g/mol. The number of hydrogen-bond acceptors (Lipinski definition) is 4. The maximum Gasteiger partial charge on any atom is 0.350 e. The molecule has 0 fully saturated rings. The van der Waals surface area contributed by atoms with Gasteiger partial charge in [0.25, 0.3) is 5.91 Å². The lowest BCUT2D eigenvalue weighted by atomic mass is 9.79. The Morgan fingerprint density at radius 1 is 1.21 bits per heavy atom. The lowest BCUT2D eigenvalue weighted by molar-refractivity contribution is 0.0971. The Kier molecular flexibility index (Phi) is 6.60. The molecule has 1 aliphatic heterocycles. The highest BCUT2D eigenvalue weighted by Crippen LogP contribution is 2.41. The van der Waals surface area contributed by atoms with Crippen molar-refractivity contribution in [2.45, 2.75) is 46.3 Å². The number of carbonyl (C=O) groups excluding carboxylic acids is 1. The van der Waals surface area contributed by atoms with Gasteiger partial charge in [-0.15, -0.1) is 5.10 Å². The number of fused-ring (bicyclic) bond motifs is 1. The third kappa shape index (κ3) is 3.82. The van der Waals surface area contributed by atoms with Gasteiger partial charge in [-0.3, -0.25) is 9.36 Å². The highest BCUT2D eigenvalue weighted by molar-refractivity contribution is 6.34. The van der Waals surface area contributed by atoms with Gasteiger partial charge in [0, 0.05) is 24.6 Å². The van der Waals surface area contributed by atoms with E-state index in [1.807, 2.05) is 13.8 Å². The number of nitrogens with zero attached hydrogens (tertiary/aromatic N) is 4. The molecule has 10 heteroatoms. The van der Waals surface area contributed by atoms with Gasteiger partial charge in [0.1, 0.15) is 23.9 Å². The van der Waals surface area contributed by atoms with E-state index in [4.69, 9.17) is 11.6 Å². The van der Waals surface area contributed by atoms with Gasteiger partial charge in [0.15, 0.2) is 5.82 Å². The van der Waals surface area contributed by atoms with Gasteiger partial charge >= 0.3 is 5.69 Å². The van der Waals surface area contributed by atoms with E-state index in [1.54, 1.807) is 6.92 Å². The number of carbonyl (C=O) groups is 1. The second kappa shape index (κ2) is 9.31. The van der Waals surface area contributed by atoms with Gasteiger partial charge in [-0.05, 0) is 42.7 Å². The summed E-state index contributed by atoms with van der Waals surface area (Å²) in [6.45, 7) is 5.63. The summed E-state index contributed by atoms with van der Waals surface area (Å²) in [5.74, 6) is -2.15. The van der Waals surface area contributed by atoms with Crippen LogP contribution in [0.3, 0.4) is 0 Å². The highest BCUT2D eigenvalue weighted by Gasteiger charge is 2.37. The molecule has 0 aliphatic carbocycles. The highest BCUT2D eigenvalue weighted by atomic mass is 35.5. The lowest BCUT2D eigenvalue weighted by Crippen LogP contribution is -2.42. The van der Waals surface area contributed by atoms with E-state index in [9.17, 15) is 19.1 Å². The second-order valence-electron chi connectivity index (χ2n) is 8.38. The number of aliphatic hydroxyl groups excluding tert-OH is 1. The summed E-state index contributed by atoms with van der Waals surface area (Å²) in [4.78, 5) is 27.5. The van der Waals surface area contributed by atoms with Gasteiger partial charge in [0.05, 0.1) is 10.7 Å². The standard InChI is InChI=1S/C24H25ClF2N4O3/c1-4-13(3)16-11-30(22-17(25)7-6-8-18(22)26)23(33)15-9-19(27)20(10-14(15)16)31-24(34)29(5-2)21(12-32)28-31/h6-10,13,16,32H,4-5,11-12H2,1-3H3/t13-,16?/m1/s1. The lowest BCUT2D eigenvalue weighted by Gasteiger charge is -2.37. The molecule has 1 amide bonds. The molecule has 1 N–H and O–H groups in total.